The van der Waals surface area contributed by atoms with Gasteiger partial charge in [0.05, 0.1) is 0 Å². The Labute approximate surface area is 167 Å². The Morgan fingerprint density at radius 1 is 0.897 bits per heavy atom. The number of alkyl halides is 3. The first-order valence-electron chi connectivity index (χ1n) is 10.1. The first-order valence-corrected chi connectivity index (χ1v) is 10.1. The van der Waals surface area contributed by atoms with Crippen LogP contribution in [0.2, 0.25) is 0 Å². The van der Waals surface area contributed by atoms with Gasteiger partial charge >= 0.3 is 6.18 Å². The minimum Gasteiger partial charge on any atom is -0.206 e. The maximum Gasteiger partial charge on any atom is 0.422 e. The number of hydrogen-bond donors (Lipinski definition) is 0. The van der Waals surface area contributed by atoms with Crippen molar-refractivity contribution in [3.63, 3.8) is 0 Å². The Bertz CT molecular complexity index is 931. The molecule has 0 nitrogen and oxygen atoms in total. The first-order chi connectivity index (χ1) is 13.8. The largest absolute Gasteiger partial charge is 0.422 e. The third-order valence-electron chi connectivity index (χ3n) is 6.37. The fourth-order valence-electron chi connectivity index (χ4n) is 5.02. The predicted molar refractivity (Wildman–Crippen MR) is 103 cm³/mol. The standard InChI is InChI=1S/C24H23F5/c1-2-3-14-4-8-19-16(10-14)5-6-17-11-15(7-9-20(17)19)18-12-21(25)23(22(26)13-18)24(27,28)29/h2-3,5-6,12-15H,4,7-11H2,1H3/t14-,15-/m0/s1. The fraction of sp³-hybridized carbons (Fsp3) is 0.417. The van der Waals surface area contributed by atoms with Gasteiger partial charge in [-0.1, -0.05) is 24.3 Å². The van der Waals surface area contributed by atoms with Crippen molar-refractivity contribution >= 4 is 0 Å². The van der Waals surface area contributed by atoms with Gasteiger partial charge in [0.15, 0.2) is 0 Å². The van der Waals surface area contributed by atoms with E-state index in [2.05, 4.69) is 24.3 Å². The highest BCUT2D eigenvalue weighted by Crippen LogP contribution is 2.40. The Morgan fingerprint density at radius 3 is 2.07 bits per heavy atom. The van der Waals surface area contributed by atoms with E-state index in [0.29, 0.717) is 24.3 Å². The molecule has 5 heteroatoms. The van der Waals surface area contributed by atoms with Gasteiger partial charge in [-0.2, -0.15) is 13.2 Å². The summed E-state index contributed by atoms with van der Waals surface area (Å²) < 4.78 is 66.5. The lowest BCUT2D eigenvalue weighted by atomic mass is 9.73. The molecule has 0 amide bonds. The van der Waals surface area contributed by atoms with E-state index < -0.39 is 23.4 Å². The van der Waals surface area contributed by atoms with E-state index in [9.17, 15) is 22.0 Å². The summed E-state index contributed by atoms with van der Waals surface area (Å²) in [6.45, 7) is 2.04. The van der Waals surface area contributed by atoms with Gasteiger partial charge in [-0.25, -0.2) is 8.78 Å². The molecule has 0 unspecified atom stereocenters. The van der Waals surface area contributed by atoms with Crippen LogP contribution in [0, 0.1) is 17.6 Å². The summed E-state index contributed by atoms with van der Waals surface area (Å²) in [5.74, 6) is -2.66. The van der Waals surface area contributed by atoms with Gasteiger partial charge in [0, 0.05) is 0 Å². The van der Waals surface area contributed by atoms with Crippen molar-refractivity contribution in [1.82, 2.24) is 0 Å². The first kappa shape index (κ1) is 20.1. The number of rotatable bonds is 2. The summed E-state index contributed by atoms with van der Waals surface area (Å²) in [5.41, 5.74) is 3.79. The molecule has 0 aliphatic heterocycles. The molecule has 29 heavy (non-hydrogen) atoms. The highest BCUT2D eigenvalue weighted by atomic mass is 19.4. The highest BCUT2D eigenvalue weighted by Gasteiger charge is 2.38. The van der Waals surface area contributed by atoms with Crippen LogP contribution in [0.3, 0.4) is 0 Å². The minimum atomic E-state index is -5.03. The molecule has 2 aliphatic carbocycles. The Kier molecular flexibility index (Phi) is 5.26. The van der Waals surface area contributed by atoms with Crippen LogP contribution in [-0.4, -0.2) is 0 Å². The zero-order chi connectivity index (χ0) is 20.8. The molecule has 0 saturated heterocycles. The van der Waals surface area contributed by atoms with E-state index >= 15 is 0 Å². The maximum absolute atomic E-state index is 14.0. The topological polar surface area (TPSA) is 0 Å². The Hall–Kier alpha value is -2.17. The van der Waals surface area contributed by atoms with E-state index in [1.54, 1.807) is 0 Å². The van der Waals surface area contributed by atoms with Crippen molar-refractivity contribution in [2.24, 2.45) is 5.92 Å². The molecule has 4 rings (SSSR count). The quantitative estimate of drug-likeness (QED) is 0.374. The van der Waals surface area contributed by atoms with Crippen LogP contribution >= 0.6 is 0 Å². The van der Waals surface area contributed by atoms with E-state index in [4.69, 9.17) is 0 Å². The number of hydrogen-bond acceptors (Lipinski definition) is 0. The fourth-order valence-corrected chi connectivity index (χ4v) is 5.02. The number of allylic oxidation sites excluding steroid dienone is 2. The summed E-state index contributed by atoms with van der Waals surface area (Å²) in [7, 11) is 0. The molecule has 2 atom stereocenters. The molecular weight excluding hydrogens is 383 g/mol. The van der Waals surface area contributed by atoms with Crippen LogP contribution in [0.25, 0.3) is 0 Å². The van der Waals surface area contributed by atoms with Crippen molar-refractivity contribution in [3.8, 4) is 0 Å². The van der Waals surface area contributed by atoms with Crippen molar-refractivity contribution in [2.45, 2.75) is 57.5 Å². The summed E-state index contributed by atoms with van der Waals surface area (Å²) in [6.07, 6.45) is 4.59. The molecule has 0 heterocycles. The van der Waals surface area contributed by atoms with E-state index in [1.165, 1.54) is 16.7 Å². The lowest BCUT2D eigenvalue weighted by molar-refractivity contribution is -0.142. The molecule has 2 aromatic carbocycles. The third-order valence-corrected chi connectivity index (χ3v) is 6.37. The zero-order valence-corrected chi connectivity index (χ0v) is 16.3. The molecule has 0 spiro atoms. The third kappa shape index (κ3) is 3.84. The summed E-state index contributed by atoms with van der Waals surface area (Å²) >= 11 is 0. The van der Waals surface area contributed by atoms with Crippen molar-refractivity contribution < 1.29 is 22.0 Å². The van der Waals surface area contributed by atoms with Crippen molar-refractivity contribution in [2.75, 3.05) is 0 Å². The van der Waals surface area contributed by atoms with E-state index in [-0.39, 0.29) is 5.92 Å². The second-order valence-electron chi connectivity index (χ2n) is 8.17. The monoisotopic (exact) mass is 406 g/mol. The highest BCUT2D eigenvalue weighted by molar-refractivity contribution is 5.46. The summed E-state index contributed by atoms with van der Waals surface area (Å²) in [4.78, 5) is 0. The van der Waals surface area contributed by atoms with E-state index in [0.717, 1.165) is 43.4 Å². The molecule has 0 saturated carbocycles. The molecule has 0 bridgehead atoms. The average molecular weight is 406 g/mol. The molecule has 2 aliphatic rings. The molecule has 154 valence electrons. The normalized spacial score (nSPS) is 21.9. The van der Waals surface area contributed by atoms with Gasteiger partial charge in [0.25, 0.3) is 0 Å². The Morgan fingerprint density at radius 2 is 1.48 bits per heavy atom. The zero-order valence-electron chi connectivity index (χ0n) is 16.3. The number of halogens is 5. The van der Waals surface area contributed by atoms with Crippen LogP contribution < -0.4 is 0 Å². The second-order valence-corrected chi connectivity index (χ2v) is 8.17. The number of fused-ring (bicyclic) bond motifs is 3. The van der Waals surface area contributed by atoms with Gasteiger partial charge in [0.2, 0.25) is 0 Å². The SMILES string of the molecule is CC=C[C@H]1CCc2c(ccc3c2CC[C@H](c2cc(F)c(C(F)(F)F)c(F)c2)C3)C1. The van der Waals surface area contributed by atoms with Crippen LogP contribution in [0.4, 0.5) is 22.0 Å². The van der Waals surface area contributed by atoms with Crippen molar-refractivity contribution in [1.29, 1.82) is 0 Å². The number of benzene rings is 2. The smallest absolute Gasteiger partial charge is 0.206 e. The second kappa shape index (κ2) is 7.58. The van der Waals surface area contributed by atoms with Gasteiger partial charge in [-0.05, 0) is 97.2 Å². The Balaban J connectivity index is 1.61. The van der Waals surface area contributed by atoms with Crippen LogP contribution in [0.15, 0.2) is 36.4 Å². The van der Waals surface area contributed by atoms with Crippen LogP contribution in [-0.2, 0) is 31.9 Å². The molecule has 0 N–H and O–H groups in total. The summed E-state index contributed by atoms with van der Waals surface area (Å²) in [5, 5.41) is 0. The lowest BCUT2D eigenvalue weighted by Gasteiger charge is -2.31. The van der Waals surface area contributed by atoms with Gasteiger partial charge in [-0.3, -0.25) is 0 Å². The molecule has 2 aromatic rings. The van der Waals surface area contributed by atoms with Gasteiger partial charge in [-0.15, -0.1) is 0 Å². The lowest BCUT2D eigenvalue weighted by Crippen LogP contribution is -2.20. The maximum atomic E-state index is 14.0. The van der Waals surface area contributed by atoms with Gasteiger partial charge in [0.1, 0.15) is 17.2 Å². The molecule has 0 radical (unpaired) electrons. The predicted octanol–water partition coefficient (Wildman–Crippen LogP) is 6.94. The molecule has 0 aromatic heterocycles. The van der Waals surface area contributed by atoms with Crippen molar-refractivity contribution in [3.05, 3.63) is 81.4 Å². The van der Waals surface area contributed by atoms with Crippen LogP contribution in [0.1, 0.15) is 59.1 Å². The van der Waals surface area contributed by atoms with Crippen LogP contribution in [0.5, 0.6) is 0 Å². The van der Waals surface area contributed by atoms with Gasteiger partial charge < -0.3 is 0 Å². The van der Waals surface area contributed by atoms with E-state index in [1.807, 2.05) is 6.92 Å². The molecule has 0 fully saturated rings. The minimum absolute atomic E-state index is 0.175. The average Bonchev–Trinajstić information content (AvgIpc) is 2.65. The molecular formula is C24H23F5. The summed E-state index contributed by atoms with van der Waals surface area (Å²) in [6, 6.07) is 5.97.